The van der Waals surface area contributed by atoms with Crippen molar-refractivity contribution in [1.29, 1.82) is 0 Å². The van der Waals surface area contributed by atoms with Crippen LogP contribution in [0.25, 0.3) is 0 Å². The third kappa shape index (κ3) is 3.08. The van der Waals surface area contributed by atoms with Gasteiger partial charge in [-0.25, -0.2) is 4.98 Å². The zero-order valence-electron chi connectivity index (χ0n) is 13.7. The first-order valence-electron chi connectivity index (χ1n) is 7.85. The first kappa shape index (κ1) is 16.0. The van der Waals surface area contributed by atoms with Crippen LogP contribution in [0.3, 0.4) is 0 Å². The van der Waals surface area contributed by atoms with E-state index in [9.17, 15) is 9.59 Å². The molecule has 6 heteroatoms. The number of fused-ring (bicyclic) bond motifs is 1. The van der Waals surface area contributed by atoms with E-state index in [4.69, 9.17) is 4.74 Å². The average molecular weight is 325 g/mol. The lowest BCUT2D eigenvalue weighted by Gasteiger charge is -2.30. The smallest absolute Gasteiger partial charge is 0.266 e. The largest absolute Gasteiger partial charge is 0.480 e. The van der Waals surface area contributed by atoms with Crippen molar-refractivity contribution in [2.24, 2.45) is 0 Å². The summed E-state index contributed by atoms with van der Waals surface area (Å²) in [5, 5.41) is 0. The van der Waals surface area contributed by atoms with Gasteiger partial charge in [-0.2, -0.15) is 0 Å². The van der Waals surface area contributed by atoms with E-state index in [-0.39, 0.29) is 25.0 Å². The number of amides is 2. The standard InChI is InChI=1S/C18H19N3O3/c1-3-20(14-7-4-6-13(2)10-14)16(22)11-21-17(23)12-24-15-8-5-9-19-18(15)21/h4-10H,3,11-12H2,1-2H3. The van der Waals surface area contributed by atoms with Crippen molar-refractivity contribution >= 4 is 23.3 Å². The Labute approximate surface area is 140 Å². The van der Waals surface area contributed by atoms with Crippen LogP contribution in [0.5, 0.6) is 5.75 Å². The van der Waals surface area contributed by atoms with Crippen LogP contribution >= 0.6 is 0 Å². The van der Waals surface area contributed by atoms with Gasteiger partial charge in [0.05, 0.1) is 0 Å². The number of anilines is 2. The molecule has 0 fully saturated rings. The Hall–Kier alpha value is -2.89. The fourth-order valence-corrected chi connectivity index (χ4v) is 2.72. The second-order valence-electron chi connectivity index (χ2n) is 5.57. The predicted octanol–water partition coefficient (Wildman–Crippen LogP) is 2.17. The van der Waals surface area contributed by atoms with E-state index in [1.54, 1.807) is 23.2 Å². The van der Waals surface area contributed by atoms with Crippen LogP contribution in [0.15, 0.2) is 42.6 Å². The number of aryl methyl sites for hydroxylation is 1. The lowest BCUT2D eigenvalue weighted by Crippen LogP contribution is -2.47. The number of ether oxygens (including phenoxy) is 1. The topological polar surface area (TPSA) is 62.7 Å². The van der Waals surface area contributed by atoms with Gasteiger partial charge in [0.2, 0.25) is 5.91 Å². The van der Waals surface area contributed by atoms with E-state index in [0.717, 1.165) is 11.3 Å². The number of carbonyl (C=O) groups excluding carboxylic acids is 2. The summed E-state index contributed by atoms with van der Waals surface area (Å²) in [7, 11) is 0. The molecule has 1 aliphatic heterocycles. The van der Waals surface area contributed by atoms with Gasteiger partial charge in [0.15, 0.2) is 18.2 Å². The van der Waals surface area contributed by atoms with Crippen LogP contribution < -0.4 is 14.5 Å². The van der Waals surface area contributed by atoms with Crippen molar-refractivity contribution in [1.82, 2.24) is 4.98 Å². The Kier molecular flexibility index (Phi) is 4.46. The third-order valence-corrected chi connectivity index (χ3v) is 3.88. The monoisotopic (exact) mass is 325 g/mol. The number of hydrogen-bond acceptors (Lipinski definition) is 4. The van der Waals surface area contributed by atoms with E-state index < -0.39 is 0 Å². The molecule has 0 saturated heterocycles. The molecule has 0 atom stereocenters. The lowest BCUT2D eigenvalue weighted by molar-refractivity contribution is -0.124. The van der Waals surface area contributed by atoms with Gasteiger partial charge in [-0.15, -0.1) is 0 Å². The third-order valence-electron chi connectivity index (χ3n) is 3.88. The molecule has 124 valence electrons. The van der Waals surface area contributed by atoms with Gasteiger partial charge in [0.1, 0.15) is 6.54 Å². The molecule has 1 aromatic heterocycles. The van der Waals surface area contributed by atoms with Crippen molar-refractivity contribution in [2.45, 2.75) is 13.8 Å². The number of rotatable bonds is 4. The first-order chi connectivity index (χ1) is 11.6. The molecule has 0 saturated carbocycles. The van der Waals surface area contributed by atoms with Gasteiger partial charge in [-0.3, -0.25) is 14.5 Å². The van der Waals surface area contributed by atoms with Crippen LogP contribution in [-0.2, 0) is 9.59 Å². The molecule has 24 heavy (non-hydrogen) atoms. The number of nitrogens with zero attached hydrogens (tertiary/aromatic N) is 3. The quantitative estimate of drug-likeness (QED) is 0.864. The highest BCUT2D eigenvalue weighted by Crippen LogP contribution is 2.29. The van der Waals surface area contributed by atoms with Crippen LogP contribution in [0.4, 0.5) is 11.5 Å². The summed E-state index contributed by atoms with van der Waals surface area (Å²) in [6.07, 6.45) is 1.58. The number of carbonyl (C=O) groups is 2. The number of likely N-dealkylation sites (N-methyl/N-ethyl adjacent to an activating group) is 1. The number of pyridine rings is 1. The van der Waals surface area contributed by atoms with Gasteiger partial charge >= 0.3 is 0 Å². The molecule has 0 aliphatic carbocycles. The Morgan fingerprint density at radius 3 is 2.92 bits per heavy atom. The highest BCUT2D eigenvalue weighted by molar-refractivity contribution is 6.05. The summed E-state index contributed by atoms with van der Waals surface area (Å²) >= 11 is 0. The van der Waals surface area contributed by atoms with Crippen molar-refractivity contribution in [3.8, 4) is 5.75 Å². The molecule has 0 radical (unpaired) electrons. The SMILES string of the molecule is CCN(C(=O)CN1C(=O)COc2cccnc21)c1cccc(C)c1. The fourth-order valence-electron chi connectivity index (χ4n) is 2.72. The van der Waals surface area contributed by atoms with E-state index in [1.165, 1.54) is 4.90 Å². The van der Waals surface area contributed by atoms with Crippen LogP contribution in [0, 0.1) is 6.92 Å². The molecule has 0 N–H and O–H groups in total. The van der Waals surface area contributed by atoms with Crippen LogP contribution in [0.2, 0.25) is 0 Å². The molecule has 0 unspecified atom stereocenters. The second-order valence-corrected chi connectivity index (χ2v) is 5.57. The minimum Gasteiger partial charge on any atom is -0.480 e. The Balaban J connectivity index is 1.84. The zero-order chi connectivity index (χ0) is 17.1. The minimum atomic E-state index is -0.269. The highest BCUT2D eigenvalue weighted by Gasteiger charge is 2.29. The van der Waals surface area contributed by atoms with E-state index in [0.29, 0.717) is 18.1 Å². The first-order valence-corrected chi connectivity index (χ1v) is 7.85. The molecular weight excluding hydrogens is 306 g/mol. The van der Waals surface area contributed by atoms with Gasteiger partial charge < -0.3 is 9.64 Å². The molecule has 0 bridgehead atoms. The molecular formula is C18H19N3O3. The normalized spacial score (nSPS) is 13.2. The number of benzene rings is 1. The molecule has 1 aromatic carbocycles. The van der Waals surface area contributed by atoms with Gasteiger partial charge in [-0.05, 0) is 43.7 Å². The Morgan fingerprint density at radius 2 is 2.17 bits per heavy atom. The molecule has 0 spiro atoms. The van der Waals surface area contributed by atoms with Crippen molar-refractivity contribution < 1.29 is 14.3 Å². The van der Waals surface area contributed by atoms with Crippen LogP contribution in [-0.4, -0.2) is 36.5 Å². The Morgan fingerprint density at radius 1 is 1.33 bits per heavy atom. The van der Waals surface area contributed by atoms with E-state index in [2.05, 4.69) is 4.98 Å². The molecule has 3 rings (SSSR count). The summed E-state index contributed by atoms with van der Waals surface area (Å²) in [6, 6.07) is 11.2. The molecule has 1 aliphatic rings. The van der Waals surface area contributed by atoms with Crippen molar-refractivity contribution in [3.63, 3.8) is 0 Å². The van der Waals surface area contributed by atoms with Gasteiger partial charge in [0.25, 0.3) is 5.91 Å². The summed E-state index contributed by atoms with van der Waals surface area (Å²) in [6.45, 7) is 4.27. The second kappa shape index (κ2) is 6.70. The zero-order valence-corrected chi connectivity index (χ0v) is 13.7. The predicted molar refractivity (Wildman–Crippen MR) is 91.3 cm³/mol. The lowest BCUT2D eigenvalue weighted by atomic mass is 10.2. The van der Waals surface area contributed by atoms with Crippen molar-refractivity contribution in [3.05, 3.63) is 48.2 Å². The molecule has 2 heterocycles. The highest BCUT2D eigenvalue weighted by atomic mass is 16.5. The van der Waals surface area contributed by atoms with Gasteiger partial charge in [-0.1, -0.05) is 12.1 Å². The average Bonchev–Trinajstić information content (AvgIpc) is 2.58. The van der Waals surface area contributed by atoms with E-state index >= 15 is 0 Å². The van der Waals surface area contributed by atoms with E-state index in [1.807, 2.05) is 38.1 Å². The maximum absolute atomic E-state index is 12.8. The molecule has 6 nitrogen and oxygen atoms in total. The Bertz CT molecular complexity index is 776. The number of hydrogen-bond donors (Lipinski definition) is 0. The maximum Gasteiger partial charge on any atom is 0.266 e. The summed E-state index contributed by atoms with van der Waals surface area (Å²) in [5.74, 6) is 0.482. The summed E-state index contributed by atoms with van der Waals surface area (Å²) in [4.78, 5) is 32.2. The van der Waals surface area contributed by atoms with Crippen molar-refractivity contribution in [2.75, 3.05) is 29.5 Å². The summed E-state index contributed by atoms with van der Waals surface area (Å²) in [5.41, 5.74) is 1.90. The van der Waals surface area contributed by atoms with Crippen LogP contribution in [0.1, 0.15) is 12.5 Å². The minimum absolute atomic E-state index is 0.0615. The summed E-state index contributed by atoms with van der Waals surface area (Å²) < 4.78 is 5.36. The fraction of sp³-hybridized carbons (Fsp3) is 0.278. The number of aromatic nitrogens is 1. The molecule has 2 aromatic rings. The maximum atomic E-state index is 12.8. The molecule has 2 amide bonds. The van der Waals surface area contributed by atoms with Gasteiger partial charge in [0, 0.05) is 18.4 Å².